The summed E-state index contributed by atoms with van der Waals surface area (Å²) < 4.78 is 15.5. The van der Waals surface area contributed by atoms with Crippen molar-refractivity contribution in [3.63, 3.8) is 0 Å². The van der Waals surface area contributed by atoms with Crippen LogP contribution in [-0.2, 0) is 4.79 Å². The van der Waals surface area contributed by atoms with Crippen LogP contribution in [0.4, 0.5) is 0 Å². The van der Waals surface area contributed by atoms with E-state index in [1.54, 1.807) is 19.3 Å². The number of para-hydroxylation sites is 1. The number of carbonyl (C=O) groups excluding carboxylic acids is 1. The summed E-state index contributed by atoms with van der Waals surface area (Å²) in [6.07, 6.45) is 3.32. The predicted octanol–water partition coefficient (Wildman–Crippen LogP) is 3.29. The first-order valence-electron chi connectivity index (χ1n) is 7.51. The SMILES string of the molecule is COc1ccccc1/C=C/c1nc2cc(OC(C)=O)ccc2c(=O)o1. The zero-order valence-corrected chi connectivity index (χ0v) is 13.7. The van der Waals surface area contributed by atoms with Gasteiger partial charge in [0, 0.05) is 24.6 Å². The number of nitrogens with zero attached hydrogens (tertiary/aromatic N) is 1. The number of rotatable bonds is 4. The maximum Gasteiger partial charge on any atom is 0.347 e. The fourth-order valence-electron chi connectivity index (χ4n) is 2.33. The van der Waals surface area contributed by atoms with Gasteiger partial charge in [0.15, 0.2) is 0 Å². The Kier molecular flexibility index (Phi) is 4.61. The van der Waals surface area contributed by atoms with Crippen LogP contribution in [-0.4, -0.2) is 18.1 Å². The van der Waals surface area contributed by atoms with Crippen molar-refractivity contribution in [1.29, 1.82) is 0 Å². The molecule has 0 N–H and O–H groups in total. The lowest BCUT2D eigenvalue weighted by molar-refractivity contribution is -0.131. The molecule has 0 amide bonds. The molecular weight excluding hydrogens is 322 g/mol. The van der Waals surface area contributed by atoms with Crippen molar-refractivity contribution >= 4 is 29.0 Å². The molecule has 2 aromatic carbocycles. The number of carbonyl (C=O) groups is 1. The van der Waals surface area contributed by atoms with Crippen LogP contribution in [0.1, 0.15) is 18.4 Å². The van der Waals surface area contributed by atoms with Crippen LogP contribution < -0.4 is 15.1 Å². The topological polar surface area (TPSA) is 78.6 Å². The molecule has 0 atom stereocenters. The summed E-state index contributed by atoms with van der Waals surface area (Å²) >= 11 is 0. The first kappa shape index (κ1) is 16.4. The number of ether oxygens (including phenoxy) is 2. The van der Waals surface area contributed by atoms with Gasteiger partial charge < -0.3 is 13.9 Å². The number of hydrogen-bond acceptors (Lipinski definition) is 6. The van der Waals surface area contributed by atoms with E-state index in [4.69, 9.17) is 13.9 Å². The lowest BCUT2D eigenvalue weighted by Gasteiger charge is -2.04. The Morgan fingerprint density at radius 3 is 2.72 bits per heavy atom. The average Bonchev–Trinajstić information content (AvgIpc) is 2.59. The highest BCUT2D eigenvalue weighted by Crippen LogP contribution is 2.21. The van der Waals surface area contributed by atoms with Gasteiger partial charge in [-0.15, -0.1) is 0 Å². The second kappa shape index (κ2) is 7.00. The second-order valence-corrected chi connectivity index (χ2v) is 5.19. The van der Waals surface area contributed by atoms with E-state index in [0.717, 1.165) is 5.56 Å². The molecule has 0 radical (unpaired) electrons. The summed E-state index contributed by atoms with van der Waals surface area (Å²) in [7, 11) is 1.58. The molecule has 25 heavy (non-hydrogen) atoms. The lowest BCUT2D eigenvalue weighted by atomic mass is 10.2. The molecule has 0 aliphatic heterocycles. The molecule has 3 aromatic rings. The van der Waals surface area contributed by atoms with Gasteiger partial charge in [0.25, 0.3) is 0 Å². The molecule has 1 aromatic heterocycles. The zero-order valence-electron chi connectivity index (χ0n) is 13.7. The minimum Gasteiger partial charge on any atom is -0.496 e. The molecule has 0 fully saturated rings. The van der Waals surface area contributed by atoms with Crippen molar-refractivity contribution in [1.82, 2.24) is 4.98 Å². The molecule has 6 heteroatoms. The third kappa shape index (κ3) is 3.74. The highest BCUT2D eigenvalue weighted by atomic mass is 16.5. The van der Waals surface area contributed by atoms with Gasteiger partial charge >= 0.3 is 11.6 Å². The van der Waals surface area contributed by atoms with Gasteiger partial charge in [-0.2, -0.15) is 0 Å². The van der Waals surface area contributed by atoms with Crippen molar-refractivity contribution in [2.45, 2.75) is 6.92 Å². The van der Waals surface area contributed by atoms with E-state index < -0.39 is 11.6 Å². The summed E-state index contributed by atoms with van der Waals surface area (Å²) in [5, 5.41) is 0.311. The van der Waals surface area contributed by atoms with E-state index in [2.05, 4.69) is 4.98 Å². The first-order valence-corrected chi connectivity index (χ1v) is 7.51. The minimum atomic E-state index is -0.515. The van der Waals surface area contributed by atoms with Gasteiger partial charge in [-0.05, 0) is 24.3 Å². The molecule has 0 saturated heterocycles. The van der Waals surface area contributed by atoms with Crippen LogP contribution in [0.2, 0.25) is 0 Å². The van der Waals surface area contributed by atoms with Crippen LogP contribution in [0.5, 0.6) is 11.5 Å². The Balaban J connectivity index is 2.00. The van der Waals surface area contributed by atoms with Crippen LogP contribution in [0.3, 0.4) is 0 Å². The molecule has 0 saturated carbocycles. The lowest BCUT2D eigenvalue weighted by Crippen LogP contribution is -2.05. The van der Waals surface area contributed by atoms with E-state index in [1.165, 1.54) is 25.1 Å². The van der Waals surface area contributed by atoms with E-state index in [0.29, 0.717) is 22.4 Å². The van der Waals surface area contributed by atoms with Crippen LogP contribution in [0.15, 0.2) is 51.7 Å². The minimum absolute atomic E-state index is 0.142. The fourth-order valence-corrected chi connectivity index (χ4v) is 2.33. The molecule has 0 aliphatic rings. The number of methoxy groups -OCH3 is 1. The van der Waals surface area contributed by atoms with Crippen LogP contribution in [0, 0.1) is 0 Å². The number of fused-ring (bicyclic) bond motifs is 1. The van der Waals surface area contributed by atoms with Crippen molar-refractivity contribution in [3.8, 4) is 11.5 Å². The predicted molar refractivity (Wildman–Crippen MR) is 93.5 cm³/mol. The van der Waals surface area contributed by atoms with E-state index in [1.807, 2.05) is 24.3 Å². The van der Waals surface area contributed by atoms with Gasteiger partial charge in [0.1, 0.15) is 11.5 Å². The summed E-state index contributed by atoms with van der Waals surface area (Å²) in [6.45, 7) is 1.30. The summed E-state index contributed by atoms with van der Waals surface area (Å²) in [5.74, 6) is 0.707. The summed E-state index contributed by atoms with van der Waals surface area (Å²) in [4.78, 5) is 27.4. The molecule has 1 heterocycles. The van der Waals surface area contributed by atoms with Crippen LogP contribution >= 0.6 is 0 Å². The first-order chi connectivity index (χ1) is 12.1. The quantitative estimate of drug-likeness (QED) is 0.537. The van der Waals surface area contributed by atoms with Crippen molar-refractivity contribution in [2.24, 2.45) is 0 Å². The number of hydrogen-bond donors (Lipinski definition) is 0. The highest BCUT2D eigenvalue weighted by molar-refractivity contribution is 5.81. The van der Waals surface area contributed by atoms with Gasteiger partial charge in [0.2, 0.25) is 5.89 Å². The normalized spacial score (nSPS) is 11.0. The Labute approximate surface area is 143 Å². The van der Waals surface area contributed by atoms with Crippen molar-refractivity contribution in [3.05, 3.63) is 64.3 Å². The van der Waals surface area contributed by atoms with Gasteiger partial charge in [-0.1, -0.05) is 18.2 Å². The van der Waals surface area contributed by atoms with E-state index >= 15 is 0 Å². The van der Waals surface area contributed by atoms with Gasteiger partial charge in [0.05, 0.1) is 18.0 Å². The molecular formula is C19H15NO5. The molecule has 3 rings (SSSR count). The molecule has 0 unspecified atom stereocenters. The summed E-state index contributed by atoms with van der Waals surface area (Å²) in [5.41, 5.74) is 0.692. The molecule has 0 spiro atoms. The maximum absolute atomic E-state index is 12.1. The van der Waals surface area contributed by atoms with Gasteiger partial charge in [-0.25, -0.2) is 9.78 Å². The average molecular weight is 337 g/mol. The number of benzene rings is 2. The fraction of sp³-hybridized carbons (Fsp3) is 0.105. The van der Waals surface area contributed by atoms with Gasteiger partial charge in [-0.3, -0.25) is 4.79 Å². The molecule has 126 valence electrons. The summed E-state index contributed by atoms with van der Waals surface area (Å²) in [6, 6.07) is 12.0. The third-order valence-electron chi connectivity index (χ3n) is 3.42. The van der Waals surface area contributed by atoms with E-state index in [9.17, 15) is 9.59 Å². The van der Waals surface area contributed by atoms with Crippen LogP contribution in [0.25, 0.3) is 23.1 Å². The highest BCUT2D eigenvalue weighted by Gasteiger charge is 2.07. The largest absolute Gasteiger partial charge is 0.496 e. The Morgan fingerprint density at radius 1 is 1.16 bits per heavy atom. The monoisotopic (exact) mass is 337 g/mol. The zero-order chi connectivity index (χ0) is 17.8. The molecule has 0 bridgehead atoms. The smallest absolute Gasteiger partial charge is 0.347 e. The number of esters is 1. The Hall–Kier alpha value is -3.41. The standard InChI is InChI=1S/C19H15NO5/c1-12(21)24-14-8-9-15-16(11-14)20-18(25-19(15)22)10-7-13-5-3-4-6-17(13)23-2/h3-11H,1-2H3/b10-7+. The number of aromatic nitrogens is 1. The maximum atomic E-state index is 12.1. The molecule has 6 nitrogen and oxygen atoms in total. The second-order valence-electron chi connectivity index (χ2n) is 5.19. The Morgan fingerprint density at radius 2 is 1.96 bits per heavy atom. The van der Waals surface area contributed by atoms with Crippen molar-refractivity contribution in [2.75, 3.05) is 7.11 Å². The van der Waals surface area contributed by atoms with Crippen molar-refractivity contribution < 1.29 is 18.7 Å². The van der Waals surface area contributed by atoms with E-state index in [-0.39, 0.29) is 5.89 Å². The Bertz CT molecular complexity index is 1020. The molecule has 0 aliphatic carbocycles. The third-order valence-corrected chi connectivity index (χ3v) is 3.42.